The zero-order valence-corrected chi connectivity index (χ0v) is 22.2. The molecule has 1 saturated heterocycles. The number of hydrogen-bond acceptors (Lipinski definition) is 8. The predicted molar refractivity (Wildman–Crippen MR) is 141 cm³/mol. The van der Waals surface area contributed by atoms with Crippen molar-refractivity contribution in [3.05, 3.63) is 36.0 Å². The van der Waals surface area contributed by atoms with E-state index in [1.807, 2.05) is 18.2 Å². The van der Waals surface area contributed by atoms with Gasteiger partial charge in [0.25, 0.3) is 0 Å². The van der Waals surface area contributed by atoms with Gasteiger partial charge in [-0.3, -0.25) is 0 Å². The van der Waals surface area contributed by atoms with Crippen LogP contribution in [0.2, 0.25) is 0 Å². The maximum Gasteiger partial charge on any atom is 0.319 e. The largest absolute Gasteiger partial charge is 0.394 e. The van der Waals surface area contributed by atoms with Crippen molar-refractivity contribution in [3.8, 4) is 11.4 Å². The normalized spacial score (nSPS) is 19.7. The number of morpholine rings is 1. The van der Waals surface area contributed by atoms with Crippen molar-refractivity contribution < 1.29 is 23.1 Å². The molecule has 0 atom stereocenters. The van der Waals surface area contributed by atoms with E-state index in [9.17, 15) is 18.3 Å². The maximum absolute atomic E-state index is 13.5. The number of nitrogens with zero attached hydrogens (tertiary/aromatic N) is 3. The third-order valence-electron chi connectivity index (χ3n) is 7.43. The number of sulfone groups is 1. The standard InChI is InChI=1S/C26H35N5O5S/c1-25(2,17-32)30-24(33)27-19-6-4-18(5-7-19)23-28-21(16-22(29-23)31-12-14-36-15-13-31)26(10-3-11-26)37(34,35)20-8-9-20/h4-7,16,20,32H,3,8-15,17H2,1-2H3,(H2,27,30,33). The Morgan fingerprint density at radius 2 is 1.84 bits per heavy atom. The summed E-state index contributed by atoms with van der Waals surface area (Å²) in [6.45, 7) is 5.82. The van der Waals surface area contributed by atoms with E-state index in [1.165, 1.54) is 0 Å². The van der Waals surface area contributed by atoms with Gasteiger partial charge in [-0.2, -0.15) is 0 Å². The summed E-state index contributed by atoms with van der Waals surface area (Å²) < 4.78 is 31.7. The highest BCUT2D eigenvalue weighted by Gasteiger charge is 2.57. The van der Waals surface area contributed by atoms with Crippen LogP contribution in [-0.4, -0.2) is 73.2 Å². The molecule has 0 spiro atoms. The van der Waals surface area contributed by atoms with Crippen molar-refractivity contribution in [2.45, 2.75) is 61.5 Å². The van der Waals surface area contributed by atoms with Gasteiger partial charge in [-0.05, 0) is 70.2 Å². The number of carbonyl (C=O) groups is 1. The highest BCUT2D eigenvalue weighted by molar-refractivity contribution is 7.93. The topological polar surface area (TPSA) is 134 Å². The lowest BCUT2D eigenvalue weighted by Gasteiger charge is -2.41. The molecular weight excluding hydrogens is 494 g/mol. The SMILES string of the molecule is CC(C)(CO)NC(=O)Nc1ccc(-c2nc(N3CCOCC3)cc(C3(S(=O)(=O)C4CC4)CCC3)n2)cc1. The number of aliphatic hydroxyl groups excluding tert-OH is 1. The summed E-state index contributed by atoms with van der Waals surface area (Å²) in [6.07, 6.45) is 3.51. The number of carbonyl (C=O) groups excluding carboxylic acids is 1. The van der Waals surface area contributed by atoms with Crippen LogP contribution in [-0.2, 0) is 19.3 Å². The molecule has 0 radical (unpaired) electrons. The molecule has 2 heterocycles. The first-order chi connectivity index (χ1) is 17.6. The second kappa shape index (κ2) is 9.85. The molecule has 3 aliphatic rings. The summed E-state index contributed by atoms with van der Waals surface area (Å²) >= 11 is 0. The van der Waals surface area contributed by atoms with Crippen LogP contribution in [0.3, 0.4) is 0 Å². The monoisotopic (exact) mass is 529 g/mol. The first-order valence-corrected chi connectivity index (χ1v) is 14.4. The summed E-state index contributed by atoms with van der Waals surface area (Å²) in [5, 5.41) is 14.6. The number of anilines is 2. The van der Waals surface area contributed by atoms with Gasteiger partial charge >= 0.3 is 6.03 Å². The highest BCUT2D eigenvalue weighted by atomic mass is 32.2. The van der Waals surface area contributed by atoms with Crippen LogP contribution in [0.15, 0.2) is 30.3 Å². The first-order valence-electron chi connectivity index (χ1n) is 12.9. The minimum absolute atomic E-state index is 0.184. The van der Waals surface area contributed by atoms with Crippen LogP contribution < -0.4 is 15.5 Å². The van der Waals surface area contributed by atoms with Crippen LogP contribution in [0.1, 0.15) is 51.6 Å². The van der Waals surface area contributed by atoms with Crippen LogP contribution in [0.4, 0.5) is 16.3 Å². The highest BCUT2D eigenvalue weighted by Crippen LogP contribution is 2.53. The lowest BCUT2D eigenvalue weighted by atomic mass is 9.81. The average Bonchev–Trinajstić information content (AvgIpc) is 3.70. The number of hydrogen-bond donors (Lipinski definition) is 3. The van der Waals surface area contributed by atoms with Crippen LogP contribution >= 0.6 is 0 Å². The van der Waals surface area contributed by atoms with E-state index in [0.29, 0.717) is 62.2 Å². The van der Waals surface area contributed by atoms with Gasteiger partial charge in [-0.25, -0.2) is 23.2 Å². The average molecular weight is 530 g/mol. The number of amides is 2. The summed E-state index contributed by atoms with van der Waals surface area (Å²) in [4.78, 5) is 24.1. The molecule has 0 bridgehead atoms. The number of ether oxygens (including phenoxy) is 1. The van der Waals surface area contributed by atoms with Crippen molar-refractivity contribution in [2.75, 3.05) is 43.1 Å². The molecule has 1 aromatic carbocycles. The van der Waals surface area contributed by atoms with E-state index in [-0.39, 0.29) is 11.9 Å². The van der Waals surface area contributed by atoms with Crippen molar-refractivity contribution >= 4 is 27.4 Å². The van der Waals surface area contributed by atoms with Crippen molar-refractivity contribution in [2.24, 2.45) is 0 Å². The van der Waals surface area contributed by atoms with Gasteiger partial charge in [0.15, 0.2) is 15.7 Å². The molecule has 1 aliphatic heterocycles. The Morgan fingerprint density at radius 3 is 2.41 bits per heavy atom. The molecule has 37 heavy (non-hydrogen) atoms. The second-order valence-electron chi connectivity index (χ2n) is 10.8. The van der Waals surface area contributed by atoms with E-state index >= 15 is 0 Å². The van der Waals surface area contributed by atoms with Gasteiger partial charge in [-0.15, -0.1) is 0 Å². The molecule has 2 amide bonds. The third-order valence-corrected chi connectivity index (χ3v) is 10.5. The molecular formula is C26H35N5O5S. The van der Waals surface area contributed by atoms with E-state index in [2.05, 4.69) is 15.5 Å². The predicted octanol–water partition coefficient (Wildman–Crippen LogP) is 2.83. The number of urea groups is 1. The Bertz CT molecular complexity index is 1250. The number of rotatable bonds is 8. The van der Waals surface area contributed by atoms with Gasteiger partial charge in [0.05, 0.1) is 36.3 Å². The molecule has 2 aliphatic carbocycles. The zero-order valence-electron chi connectivity index (χ0n) is 21.4. The number of aliphatic hydroxyl groups is 1. The minimum atomic E-state index is -3.33. The van der Waals surface area contributed by atoms with Gasteiger partial charge in [0.2, 0.25) is 0 Å². The van der Waals surface area contributed by atoms with Crippen molar-refractivity contribution in [3.63, 3.8) is 0 Å². The van der Waals surface area contributed by atoms with Crippen molar-refractivity contribution in [1.82, 2.24) is 15.3 Å². The Labute approximate surface area is 217 Å². The lowest BCUT2D eigenvalue weighted by Crippen LogP contribution is -2.48. The van der Waals surface area contributed by atoms with Gasteiger partial charge in [0.1, 0.15) is 10.6 Å². The molecule has 2 saturated carbocycles. The molecule has 5 rings (SSSR count). The summed E-state index contributed by atoms with van der Waals surface area (Å²) in [7, 11) is -3.33. The zero-order chi connectivity index (χ0) is 26.3. The smallest absolute Gasteiger partial charge is 0.319 e. The lowest BCUT2D eigenvalue weighted by molar-refractivity contribution is 0.122. The van der Waals surface area contributed by atoms with Crippen LogP contribution in [0.25, 0.3) is 11.4 Å². The van der Waals surface area contributed by atoms with Gasteiger partial charge in [-0.1, -0.05) is 0 Å². The molecule has 10 nitrogen and oxygen atoms in total. The Kier molecular flexibility index (Phi) is 6.88. The van der Waals surface area contributed by atoms with Gasteiger partial charge in [0, 0.05) is 30.4 Å². The summed E-state index contributed by atoms with van der Waals surface area (Å²) in [6, 6.07) is 8.60. The van der Waals surface area contributed by atoms with E-state index in [0.717, 1.165) is 24.8 Å². The fourth-order valence-corrected chi connectivity index (χ4v) is 7.49. The van der Waals surface area contributed by atoms with Crippen LogP contribution in [0, 0.1) is 0 Å². The third kappa shape index (κ3) is 5.17. The number of benzene rings is 1. The van der Waals surface area contributed by atoms with E-state index < -0.39 is 26.2 Å². The summed E-state index contributed by atoms with van der Waals surface area (Å²) in [5.41, 5.74) is 1.15. The molecule has 11 heteroatoms. The minimum Gasteiger partial charge on any atom is -0.394 e. The number of nitrogens with one attached hydrogen (secondary N) is 2. The molecule has 3 fully saturated rings. The van der Waals surface area contributed by atoms with E-state index in [4.69, 9.17) is 14.7 Å². The Morgan fingerprint density at radius 1 is 1.16 bits per heavy atom. The van der Waals surface area contributed by atoms with Crippen molar-refractivity contribution in [1.29, 1.82) is 0 Å². The first kappa shape index (κ1) is 25.9. The number of aromatic nitrogens is 2. The molecule has 1 aromatic heterocycles. The quantitative estimate of drug-likeness (QED) is 0.475. The Balaban J connectivity index is 1.47. The molecule has 0 unspecified atom stereocenters. The van der Waals surface area contributed by atoms with Crippen LogP contribution in [0.5, 0.6) is 0 Å². The molecule has 2 aromatic rings. The fourth-order valence-electron chi connectivity index (χ4n) is 4.84. The molecule has 200 valence electrons. The summed E-state index contributed by atoms with van der Waals surface area (Å²) in [5.74, 6) is 1.18. The van der Waals surface area contributed by atoms with E-state index in [1.54, 1.807) is 26.0 Å². The Hall–Kier alpha value is -2.76. The van der Waals surface area contributed by atoms with Gasteiger partial charge < -0.3 is 25.4 Å². The molecule has 3 N–H and O–H groups in total. The fraction of sp³-hybridized carbons (Fsp3) is 0.577. The maximum atomic E-state index is 13.5. The second-order valence-corrected chi connectivity index (χ2v) is 13.4.